The van der Waals surface area contributed by atoms with Gasteiger partial charge < -0.3 is 10.1 Å². The summed E-state index contributed by atoms with van der Waals surface area (Å²) in [7, 11) is 0. The zero-order chi connectivity index (χ0) is 11.7. The maximum absolute atomic E-state index is 13.3. The molecule has 0 aliphatic rings. The summed E-state index contributed by atoms with van der Waals surface area (Å²) in [6.45, 7) is 0. The number of carbonyl (C=O) groups is 1. The van der Waals surface area contributed by atoms with Crippen LogP contribution in [0.1, 0.15) is 10.4 Å². The first-order valence-corrected chi connectivity index (χ1v) is 5.24. The van der Waals surface area contributed by atoms with E-state index in [2.05, 4.69) is 20.9 Å². The third-order valence-electron chi connectivity index (χ3n) is 2.21. The van der Waals surface area contributed by atoms with Gasteiger partial charge in [-0.15, -0.1) is 0 Å². The highest BCUT2D eigenvalue weighted by Gasteiger charge is 2.13. The lowest BCUT2D eigenvalue weighted by Gasteiger charge is -2.01. The largest absolute Gasteiger partial charge is 0.478 e. The predicted octanol–water partition coefficient (Wildman–Crippen LogP) is 3.28. The number of carboxylic acid groups (broad SMARTS) is 1. The molecule has 0 spiro atoms. The minimum Gasteiger partial charge on any atom is -0.478 e. The summed E-state index contributed by atoms with van der Waals surface area (Å²) in [4.78, 5) is 13.6. The fourth-order valence-electron chi connectivity index (χ4n) is 1.44. The number of carboxylic acids is 1. The molecule has 1 heterocycles. The van der Waals surface area contributed by atoms with Crippen molar-refractivity contribution in [2.45, 2.75) is 0 Å². The number of halogens is 2. The smallest absolute Gasteiger partial charge is 0.337 e. The van der Waals surface area contributed by atoms with Crippen LogP contribution >= 0.6 is 15.9 Å². The van der Waals surface area contributed by atoms with Gasteiger partial charge in [0.15, 0.2) is 0 Å². The van der Waals surface area contributed by atoms with Crippen molar-refractivity contribution in [2.75, 3.05) is 0 Å². The van der Waals surface area contributed by atoms with Gasteiger partial charge in [0.05, 0.1) is 10.0 Å². The first-order valence-electron chi connectivity index (χ1n) is 4.45. The number of hydrogen-bond donors (Lipinski definition) is 2. The van der Waals surface area contributed by atoms with Gasteiger partial charge >= 0.3 is 5.97 Å². The van der Waals surface area contributed by atoms with Gasteiger partial charge in [-0.2, -0.15) is 0 Å². The Morgan fingerprint density at radius 3 is 2.75 bits per heavy atom. The molecule has 0 fully saturated rings. The van der Waals surface area contributed by atoms with Gasteiger partial charge in [-0.1, -0.05) is 6.07 Å². The second kappa shape index (κ2) is 4.09. The number of aromatic carboxylic acids is 1. The number of rotatable bonds is 2. The normalized spacial score (nSPS) is 10.4. The fourth-order valence-corrected chi connectivity index (χ4v) is 1.69. The van der Waals surface area contributed by atoms with E-state index < -0.39 is 11.8 Å². The molecule has 2 N–H and O–H groups in total. The molecule has 3 nitrogen and oxygen atoms in total. The van der Waals surface area contributed by atoms with Crippen molar-refractivity contribution in [3.63, 3.8) is 0 Å². The van der Waals surface area contributed by atoms with Crippen LogP contribution in [0.5, 0.6) is 0 Å². The van der Waals surface area contributed by atoms with Gasteiger partial charge in [0.2, 0.25) is 0 Å². The van der Waals surface area contributed by atoms with Crippen molar-refractivity contribution in [2.24, 2.45) is 0 Å². The molecule has 0 aliphatic carbocycles. The van der Waals surface area contributed by atoms with E-state index in [4.69, 9.17) is 5.11 Å². The van der Waals surface area contributed by atoms with Crippen molar-refractivity contribution in [3.8, 4) is 11.1 Å². The molecule has 0 atom stereocenters. The maximum atomic E-state index is 13.3. The summed E-state index contributed by atoms with van der Waals surface area (Å²) in [5.74, 6) is -1.46. The van der Waals surface area contributed by atoms with Crippen LogP contribution in [0.15, 0.2) is 35.1 Å². The van der Waals surface area contributed by atoms with Gasteiger partial charge in [0, 0.05) is 18.0 Å². The van der Waals surface area contributed by atoms with E-state index >= 15 is 0 Å². The summed E-state index contributed by atoms with van der Waals surface area (Å²) < 4.78 is 13.7. The lowest BCUT2D eigenvalue weighted by molar-refractivity contribution is 0.0698. The zero-order valence-electron chi connectivity index (χ0n) is 8.00. The molecule has 0 saturated carbocycles. The number of aromatic amines is 1. The Labute approximate surface area is 99.1 Å². The number of nitrogens with one attached hydrogen (secondary N) is 1. The molecule has 1 aromatic carbocycles. The summed E-state index contributed by atoms with van der Waals surface area (Å²) in [6.07, 6.45) is 2.91. The molecule has 0 bridgehead atoms. The highest BCUT2D eigenvalue weighted by atomic mass is 79.9. The Balaban J connectivity index is 2.54. The fraction of sp³-hybridized carbons (Fsp3) is 0. The second-order valence-electron chi connectivity index (χ2n) is 3.22. The molecule has 2 aromatic rings. The van der Waals surface area contributed by atoms with Crippen LogP contribution < -0.4 is 0 Å². The van der Waals surface area contributed by atoms with Crippen molar-refractivity contribution >= 4 is 21.9 Å². The van der Waals surface area contributed by atoms with E-state index in [1.54, 1.807) is 12.1 Å². The van der Waals surface area contributed by atoms with E-state index in [0.29, 0.717) is 15.6 Å². The number of benzene rings is 1. The van der Waals surface area contributed by atoms with Crippen molar-refractivity contribution in [1.82, 2.24) is 4.98 Å². The topological polar surface area (TPSA) is 53.1 Å². The Morgan fingerprint density at radius 2 is 2.12 bits per heavy atom. The zero-order valence-corrected chi connectivity index (χ0v) is 9.58. The number of hydrogen-bond acceptors (Lipinski definition) is 1. The molecule has 0 radical (unpaired) electrons. The van der Waals surface area contributed by atoms with Gasteiger partial charge in [-0.25, -0.2) is 9.18 Å². The van der Waals surface area contributed by atoms with E-state index in [9.17, 15) is 9.18 Å². The first kappa shape index (κ1) is 10.9. The van der Waals surface area contributed by atoms with Gasteiger partial charge in [-0.3, -0.25) is 0 Å². The Bertz CT molecular complexity index is 551. The summed E-state index contributed by atoms with van der Waals surface area (Å²) in [5.41, 5.74) is 1.12. The van der Waals surface area contributed by atoms with Crippen LogP contribution in [0.3, 0.4) is 0 Å². The van der Waals surface area contributed by atoms with Gasteiger partial charge in [0.25, 0.3) is 0 Å². The average Bonchev–Trinajstić information content (AvgIpc) is 2.71. The maximum Gasteiger partial charge on any atom is 0.337 e. The van der Waals surface area contributed by atoms with Gasteiger partial charge in [-0.05, 0) is 33.6 Å². The predicted molar refractivity (Wildman–Crippen MR) is 60.8 cm³/mol. The highest BCUT2D eigenvalue weighted by Crippen LogP contribution is 2.27. The minimum atomic E-state index is -1.04. The highest BCUT2D eigenvalue weighted by molar-refractivity contribution is 9.10. The molecule has 5 heteroatoms. The van der Waals surface area contributed by atoms with Crippen LogP contribution in [-0.2, 0) is 0 Å². The molecule has 0 amide bonds. The van der Waals surface area contributed by atoms with Crippen LogP contribution in [-0.4, -0.2) is 16.1 Å². The number of H-pyrrole nitrogens is 1. The molecular formula is C11H7BrFNO2. The standard InChI is InChI=1S/C11H7BrFNO2/c12-9-2-1-6(3-10(9)13)7-4-14-5-8(7)11(15)16/h1-5,14H,(H,15,16). The Kier molecular flexibility index (Phi) is 2.78. The Hall–Kier alpha value is -1.62. The van der Waals surface area contributed by atoms with Crippen molar-refractivity contribution in [3.05, 3.63) is 46.4 Å². The molecule has 2 rings (SSSR count). The first-order chi connectivity index (χ1) is 7.59. The van der Waals surface area contributed by atoms with E-state index in [1.807, 2.05) is 0 Å². The monoisotopic (exact) mass is 283 g/mol. The van der Waals surface area contributed by atoms with E-state index in [1.165, 1.54) is 18.5 Å². The average molecular weight is 284 g/mol. The summed E-state index contributed by atoms with van der Waals surface area (Å²) in [6, 6.07) is 4.49. The van der Waals surface area contributed by atoms with Crippen LogP contribution in [0, 0.1) is 5.82 Å². The third kappa shape index (κ3) is 1.86. The summed E-state index contributed by atoms with van der Waals surface area (Å²) >= 11 is 3.04. The van der Waals surface area contributed by atoms with Crippen molar-refractivity contribution < 1.29 is 14.3 Å². The van der Waals surface area contributed by atoms with Crippen LogP contribution in [0.2, 0.25) is 0 Å². The molecule has 16 heavy (non-hydrogen) atoms. The lowest BCUT2D eigenvalue weighted by Crippen LogP contribution is -1.96. The molecule has 1 aromatic heterocycles. The van der Waals surface area contributed by atoms with E-state index in [0.717, 1.165) is 0 Å². The lowest BCUT2D eigenvalue weighted by atomic mass is 10.0. The second-order valence-corrected chi connectivity index (χ2v) is 4.07. The third-order valence-corrected chi connectivity index (χ3v) is 2.85. The van der Waals surface area contributed by atoms with Crippen LogP contribution in [0.4, 0.5) is 4.39 Å². The molecule has 82 valence electrons. The van der Waals surface area contributed by atoms with Crippen LogP contribution in [0.25, 0.3) is 11.1 Å². The summed E-state index contributed by atoms with van der Waals surface area (Å²) in [5, 5.41) is 8.92. The number of aromatic nitrogens is 1. The molecule has 0 saturated heterocycles. The van der Waals surface area contributed by atoms with Gasteiger partial charge in [0.1, 0.15) is 5.82 Å². The molecule has 0 aliphatic heterocycles. The Morgan fingerprint density at radius 1 is 1.38 bits per heavy atom. The molecular weight excluding hydrogens is 277 g/mol. The SMILES string of the molecule is O=C(O)c1c[nH]cc1-c1ccc(Br)c(F)c1. The minimum absolute atomic E-state index is 0.127. The van der Waals surface area contributed by atoms with E-state index in [-0.39, 0.29) is 5.56 Å². The van der Waals surface area contributed by atoms with Crippen molar-refractivity contribution in [1.29, 1.82) is 0 Å². The quantitative estimate of drug-likeness (QED) is 0.889. The molecule has 0 unspecified atom stereocenters.